The van der Waals surface area contributed by atoms with E-state index in [9.17, 15) is 9.59 Å². The number of ketones is 2. The van der Waals surface area contributed by atoms with Crippen LogP contribution < -0.4 is 18.9 Å². The summed E-state index contributed by atoms with van der Waals surface area (Å²) >= 11 is 0. The van der Waals surface area contributed by atoms with E-state index >= 15 is 0 Å². The fraction of sp³-hybridized carbons (Fsp3) is 0.261. The molecular formula is C46H44O7. The van der Waals surface area contributed by atoms with Gasteiger partial charge in [-0.05, 0) is 87.1 Å². The molecule has 7 nitrogen and oxygen atoms in total. The smallest absolute Gasteiger partial charge is 0.185 e. The fourth-order valence-electron chi connectivity index (χ4n) is 6.86. The molecule has 0 radical (unpaired) electrons. The number of benzene rings is 4. The largest absolute Gasteiger partial charge is 0.491 e. The molecule has 7 rings (SSSR count). The third-order valence-corrected chi connectivity index (χ3v) is 9.51. The van der Waals surface area contributed by atoms with Gasteiger partial charge in [-0.1, -0.05) is 72.8 Å². The maximum absolute atomic E-state index is 13.8. The maximum Gasteiger partial charge on any atom is 0.185 e. The van der Waals surface area contributed by atoms with E-state index in [-0.39, 0.29) is 11.6 Å². The highest BCUT2D eigenvalue weighted by Crippen LogP contribution is 2.34. The van der Waals surface area contributed by atoms with E-state index in [4.69, 9.17) is 23.7 Å². The van der Waals surface area contributed by atoms with E-state index in [2.05, 4.69) is 0 Å². The Hall–Kier alpha value is -5.66. The summed E-state index contributed by atoms with van der Waals surface area (Å²) in [5.41, 5.74) is 6.46. The van der Waals surface area contributed by atoms with Crippen LogP contribution in [0.2, 0.25) is 0 Å². The number of hydrogen-bond donors (Lipinski definition) is 0. The highest BCUT2D eigenvalue weighted by molar-refractivity contribution is 6.15. The third kappa shape index (κ3) is 9.23. The van der Waals surface area contributed by atoms with Gasteiger partial charge < -0.3 is 23.7 Å². The minimum Gasteiger partial charge on any atom is -0.491 e. The van der Waals surface area contributed by atoms with Crippen molar-refractivity contribution in [3.63, 3.8) is 0 Å². The molecule has 0 spiro atoms. The maximum atomic E-state index is 13.8. The van der Waals surface area contributed by atoms with Crippen LogP contribution in [0.4, 0.5) is 0 Å². The van der Waals surface area contributed by atoms with Gasteiger partial charge in [0.2, 0.25) is 0 Å². The lowest BCUT2D eigenvalue weighted by molar-refractivity contribution is -0.113. The van der Waals surface area contributed by atoms with Crippen molar-refractivity contribution in [2.75, 3.05) is 39.6 Å². The first kappa shape index (κ1) is 35.7. The lowest BCUT2D eigenvalue weighted by Crippen LogP contribution is -2.14. The monoisotopic (exact) mass is 708 g/mol. The summed E-state index contributed by atoms with van der Waals surface area (Å²) < 4.78 is 30.5. The Bertz CT molecular complexity index is 1920. The van der Waals surface area contributed by atoms with Gasteiger partial charge in [0, 0.05) is 44.5 Å². The number of allylic oxidation sites excluding steroid dienone is 4. The second kappa shape index (κ2) is 17.7. The number of carbonyl (C=O) groups excluding carboxylic acids is 2. The average molecular weight is 709 g/mol. The molecule has 4 bridgehead atoms. The summed E-state index contributed by atoms with van der Waals surface area (Å²) in [6, 6.07) is 31.0. The molecule has 1 aliphatic heterocycles. The zero-order chi connectivity index (χ0) is 36.2. The Morgan fingerprint density at radius 1 is 0.340 bits per heavy atom. The molecule has 53 heavy (non-hydrogen) atoms. The molecule has 4 aromatic carbocycles. The van der Waals surface area contributed by atoms with E-state index < -0.39 is 0 Å². The molecule has 2 saturated carbocycles. The zero-order valence-corrected chi connectivity index (χ0v) is 29.9. The van der Waals surface area contributed by atoms with Crippen LogP contribution in [0.25, 0.3) is 24.3 Å². The molecule has 7 heteroatoms. The summed E-state index contributed by atoms with van der Waals surface area (Å²) in [4.78, 5) is 27.5. The number of fused-ring (bicyclic) bond motifs is 8. The molecule has 0 aromatic heterocycles. The molecule has 3 aliphatic rings. The highest BCUT2D eigenvalue weighted by Gasteiger charge is 2.23. The van der Waals surface area contributed by atoms with Crippen molar-refractivity contribution < 1.29 is 33.3 Å². The predicted octanol–water partition coefficient (Wildman–Crippen LogP) is 9.37. The molecular weight excluding hydrogens is 664 g/mol. The first-order chi connectivity index (χ1) is 26.1. The molecule has 2 fully saturated rings. The van der Waals surface area contributed by atoms with Crippen LogP contribution >= 0.6 is 0 Å². The number of para-hydroxylation sites is 4. The molecule has 4 aromatic rings. The van der Waals surface area contributed by atoms with Gasteiger partial charge in [-0.25, -0.2) is 0 Å². The fourth-order valence-corrected chi connectivity index (χ4v) is 6.86. The second-order valence-corrected chi connectivity index (χ2v) is 13.2. The van der Waals surface area contributed by atoms with Gasteiger partial charge in [0.1, 0.15) is 49.4 Å². The Labute approximate surface area is 311 Å². The first-order valence-corrected chi connectivity index (χ1v) is 18.5. The normalized spacial score (nSPS) is 21.5. The van der Waals surface area contributed by atoms with Crippen molar-refractivity contribution in [1.29, 1.82) is 0 Å². The van der Waals surface area contributed by atoms with Crippen LogP contribution in [0.5, 0.6) is 23.0 Å². The summed E-state index contributed by atoms with van der Waals surface area (Å²) in [6.45, 7) is 2.08. The minimum atomic E-state index is 0.0440. The van der Waals surface area contributed by atoms with Crippen molar-refractivity contribution in [1.82, 2.24) is 0 Å². The van der Waals surface area contributed by atoms with Crippen molar-refractivity contribution in [2.24, 2.45) is 0 Å². The summed E-state index contributed by atoms with van der Waals surface area (Å²) in [5, 5.41) is 0. The average Bonchev–Trinajstić information content (AvgIpc) is 3.18. The Morgan fingerprint density at radius 2 is 0.604 bits per heavy atom. The lowest BCUT2D eigenvalue weighted by atomic mass is 9.86. The first-order valence-electron chi connectivity index (χ1n) is 18.5. The summed E-state index contributed by atoms with van der Waals surface area (Å²) in [6.07, 6.45) is 12.4. The zero-order valence-electron chi connectivity index (χ0n) is 29.9. The standard InChI is InChI=1S/C46H44O7/c47-45-37-15-9-17-39(45)31-35-13-3-7-21-43(35)52-27-28-53-44-22-8-4-14-36(44)32-40-18-10-16-38(46(40)48)30-34-12-2-6-20-42(34)51-26-24-49-23-25-50-41-19-5-1-11-33(41)29-37/h1-8,11-14,19-22,29-32H,9-10,15-18,23-28H2/b37-29+,38-30+,39-31-,40-32+. The number of carbonyl (C=O) groups is 2. The molecule has 0 unspecified atom stereocenters. The van der Waals surface area contributed by atoms with Crippen LogP contribution in [-0.2, 0) is 14.3 Å². The number of rotatable bonds is 0. The van der Waals surface area contributed by atoms with E-state index in [0.29, 0.717) is 88.3 Å². The number of hydrogen-bond acceptors (Lipinski definition) is 7. The molecule has 270 valence electrons. The SMILES string of the molecule is O=C1/C2=C\c3ccccc3OCCOc3ccccc3/C=C3\CCC/C(=C\c4ccccc4OCCOCCOc4ccccc4/C=C/1CCC2)C3=O. The van der Waals surface area contributed by atoms with Crippen molar-refractivity contribution in [3.8, 4) is 23.0 Å². The van der Waals surface area contributed by atoms with Gasteiger partial charge in [-0.3, -0.25) is 9.59 Å². The van der Waals surface area contributed by atoms with Gasteiger partial charge in [0.25, 0.3) is 0 Å². The van der Waals surface area contributed by atoms with Gasteiger partial charge in [0.15, 0.2) is 11.6 Å². The number of ether oxygens (including phenoxy) is 5. The van der Waals surface area contributed by atoms with Gasteiger partial charge >= 0.3 is 0 Å². The Balaban J connectivity index is 1.15. The molecule has 0 atom stereocenters. The van der Waals surface area contributed by atoms with Crippen LogP contribution in [0.1, 0.15) is 60.8 Å². The van der Waals surface area contributed by atoms with Crippen LogP contribution in [0, 0.1) is 0 Å². The summed E-state index contributed by atoms with van der Waals surface area (Å²) in [7, 11) is 0. The van der Waals surface area contributed by atoms with Crippen molar-refractivity contribution >= 4 is 35.9 Å². The third-order valence-electron chi connectivity index (χ3n) is 9.51. The molecule has 1 heterocycles. The van der Waals surface area contributed by atoms with Crippen LogP contribution in [0.3, 0.4) is 0 Å². The van der Waals surface area contributed by atoms with E-state index in [1.165, 1.54) is 0 Å². The van der Waals surface area contributed by atoms with E-state index in [0.717, 1.165) is 57.4 Å². The quantitative estimate of drug-likeness (QED) is 0.180. The molecule has 2 aliphatic carbocycles. The molecule has 0 saturated heterocycles. The Morgan fingerprint density at radius 3 is 0.906 bits per heavy atom. The van der Waals surface area contributed by atoms with Crippen molar-refractivity contribution in [2.45, 2.75) is 38.5 Å². The predicted molar refractivity (Wildman–Crippen MR) is 208 cm³/mol. The molecule has 0 amide bonds. The highest BCUT2D eigenvalue weighted by atomic mass is 16.5. The molecule has 0 N–H and O–H groups in total. The number of Topliss-reactive ketones (excluding diaryl/α,β-unsaturated/α-hetero) is 2. The van der Waals surface area contributed by atoms with E-state index in [1.54, 1.807) is 0 Å². The van der Waals surface area contributed by atoms with Crippen molar-refractivity contribution in [3.05, 3.63) is 142 Å². The van der Waals surface area contributed by atoms with Gasteiger partial charge in [0.05, 0.1) is 13.2 Å². The second-order valence-electron chi connectivity index (χ2n) is 13.2. The Kier molecular flexibility index (Phi) is 11.9. The van der Waals surface area contributed by atoms with Crippen LogP contribution in [-0.4, -0.2) is 51.2 Å². The lowest BCUT2D eigenvalue weighted by Gasteiger charge is -2.18. The van der Waals surface area contributed by atoms with Gasteiger partial charge in [-0.2, -0.15) is 0 Å². The van der Waals surface area contributed by atoms with E-state index in [1.807, 2.05) is 121 Å². The van der Waals surface area contributed by atoms with Gasteiger partial charge in [-0.15, -0.1) is 0 Å². The summed E-state index contributed by atoms with van der Waals surface area (Å²) in [5.74, 6) is 2.87. The topological polar surface area (TPSA) is 80.3 Å². The minimum absolute atomic E-state index is 0.0440. The van der Waals surface area contributed by atoms with Crippen LogP contribution in [0.15, 0.2) is 119 Å².